The molecule has 0 aromatic heterocycles. The first-order chi connectivity index (χ1) is 17.7. The molecule has 1 amide bonds. The van der Waals surface area contributed by atoms with E-state index < -0.39 is 15.9 Å². The van der Waals surface area contributed by atoms with E-state index in [0.717, 1.165) is 17.4 Å². The lowest BCUT2D eigenvalue weighted by Gasteiger charge is -2.26. The molecule has 3 rings (SSSR count). The summed E-state index contributed by atoms with van der Waals surface area (Å²) >= 11 is 0. The minimum Gasteiger partial charge on any atom is -0.493 e. The average molecular weight is 529 g/mol. The van der Waals surface area contributed by atoms with E-state index in [1.165, 1.54) is 30.7 Å². The van der Waals surface area contributed by atoms with Crippen LogP contribution < -0.4 is 28.6 Å². The lowest BCUT2D eigenvalue weighted by molar-refractivity contribution is 0.0954. The van der Waals surface area contributed by atoms with E-state index in [1.807, 2.05) is 42.5 Å². The van der Waals surface area contributed by atoms with Gasteiger partial charge in [-0.1, -0.05) is 36.4 Å². The smallest absolute Gasteiger partial charge is 0.253 e. The molecule has 0 fully saturated rings. The lowest BCUT2D eigenvalue weighted by Crippen LogP contribution is -2.33. The molecule has 0 bridgehead atoms. The molecule has 1 N–H and O–H groups in total. The van der Waals surface area contributed by atoms with E-state index >= 15 is 0 Å². The van der Waals surface area contributed by atoms with Gasteiger partial charge in [-0.3, -0.25) is 9.10 Å². The van der Waals surface area contributed by atoms with E-state index in [1.54, 1.807) is 20.3 Å². The van der Waals surface area contributed by atoms with E-state index in [-0.39, 0.29) is 17.8 Å². The molecular weight excluding hydrogens is 496 g/mol. The van der Waals surface area contributed by atoms with Crippen molar-refractivity contribution in [2.45, 2.75) is 13.0 Å². The zero-order valence-electron chi connectivity index (χ0n) is 21.6. The number of hydrogen-bond donors (Lipinski definition) is 1. The Balaban J connectivity index is 1.92. The quantitative estimate of drug-likeness (QED) is 0.383. The summed E-state index contributed by atoms with van der Waals surface area (Å²) in [4.78, 5) is 13.4. The van der Waals surface area contributed by atoms with Crippen molar-refractivity contribution < 1.29 is 32.2 Å². The lowest BCUT2D eigenvalue weighted by atomic mass is 10.1. The van der Waals surface area contributed by atoms with Crippen LogP contribution in [0.2, 0.25) is 0 Å². The van der Waals surface area contributed by atoms with Crippen molar-refractivity contribution in [1.29, 1.82) is 0 Å². The third-order valence-electron chi connectivity index (χ3n) is 5.73. The van der Waals surface area contributed by atoms with Crippen molar-refractivity contribution in [2.75, 3.05) is 45.5 Å². The minimum absolute atomic E-state index is 0.0427. The first kappa shape index (κ1) is 27.7. The minimum atomic E-state index is -3.76. The van der Waals surface area contributed by atoms with Crippen LogP contribution in [-0.2, 0) is 23.0 Å². The highest BCUT2D eigenvalue weighted by molar-refractivity contribution is 7.92. The van der Waals surface area contributed by atoms with Crippen LogP contribution in [0.4, 0.5) is 5.69 Å². The molecular formula is C27H32N2O7S. The van der Waals surface area contributed by atoms with E-state index in [2.05, 4.69) is 5.32 Å². The molecule has 37 heavy (non-hydrogen) atoms. The number of methoxy groups -OCH3 is 4. The van der Waals surface area contributed by atoms with Gasteiger partial charge in [0.25, 0.3) is 5.91 Å². The van der Waals surface area contributed by atoms with Gasteiger partial charge >= 0.3 is 0 Å². The van der Waals surface area contributed by atoms with Gasteiger partial charge in [-0.05, 0) is 35.7 Å². The second-order valence-corrected chi connectivity index (χ2v) is 10.1. The zero-order chi connectivity index (χ0) is 27.0. The van der Waals surface area contributed by atoms with Gasteiger partial charge in [0, 0.05) is 12.6 Å². The van der Waals surface area contributed by atoms with Gasteiger partial charge in [-0.25, -0.2) is 8.42 Å². The highest BCUT2D eigenvalue weighted by Gasteiger charge is 2.26. The Kier molecular flexibility index (Phi) is 9.24. The SMILES string of the molecule is COc1ccc(CCNC(=O)c2cc(OC)c(OC)cc2N(Cc2ccccc2)S(C)(=O)=O)cc1OC. The first-order valence-electron chi connectivity index (χ1n) is 11.5. The number of benzene rings is 3. The maximum atomic E-state index is 13.4. The van der Waals surface area contributed by atoms with Crippen molar-refractivity contribution >= 4 is 21.6 Å². The van der Waals surface area contributed by atoms with Crippen molar-refractivity contribution in [3.8, 4) is 23.0 Å². The fourth-order valence-electron chi connectivity index (χ4n) is 3.84. The molecule has 10 heteroatoms. The number of carbonyl (C=O) groups is 1. The van der Waals surface area contributed by atoms with E-state index in [4.69, 9.17) is 18.9 Å². The highest BCUT2D eigenvalue weighted by Crippen LogP contribution is 2.37. The van der Waals surface area contributed by atoms with E-state index in [0.29, 0.717) is 36.0 Å². The molecule has 3 aromatic rings. The van der Waals surface area contributed by atoms with Gasteiger partial charge in [-0.15, -0.1) is 0 Å². The van der Waals surface area contributed by atoms with Crippen LogP contribution in [-0.4, -0.2) is 55.6 Å². The Hall–Kier alpha value is -3.92. The third kappa shape index (κ3) is 6.85. The Bertz CT molecular complexity index is 1330. The van der Waals surface area contributed by atoms with Crippen LogP contribution in [0.5, 0.6) is 23.0 Å². The molecule has 198 valence electrons. The van der Waals surface area contributed by atoms with Crippen LogP contribution >= 0.6 is 0 Å². The van der Waals surface area contributed by atoms with Gasteiger partial charge in [-0.2, -0.15) is 0 Å². The molecule has 0 unspecified atom stereocenters. The molecule has 0 aliphatic rings. The predicted molar refractivity (Wildman–Crippen MR) is 143 cm³/mol. The Morgan fingerprint density at radius 3 is 1.97 bits per heavy atom. The molecule has 0 atom stereocenters. The Labute approximate surface area is 218 Å². The van der Waals surface area contributed by atoms with Crippen molar-refractivity contribution in [1.82, 2.24) is 5.32 Å². The molecule has 3 aromatic carbocycles. The summed E-state index contributed by atoms with van der Waals surface area (Å²) in [6.45, 7) is 0.348. The first-order valence-corrected chi connectivity index (χ1v) is 13.3. The van der Waals surface area contributed by atoms with Gasteiger partial charge in [0.05, 0.1) is 52.5 Å². The molecule has 0 heterocycles. The molecule has 0 radical (unpaired) electrons. The summed E-state index contributed by atoms with van der Waals surface area (Å²) in [6, 6.07) is 17.7. The summed E-state index contributed by atoms with van der Waals surface area (Å²) in [6.07, 6.45) is 1.62. The van der Waals surface area contributed by atoms with Crippen molar-refractivity contribution in [3.63, 3.8) is 0 Å². The molecule has 0 aliphatic carbocycles. The normalized spacial score (nSPS) is 10.9. The molecule has 0 aliphatic heterocycles. The second-order valence-electron chi connectivity index (χ2n) is 8.17. The van der Waals surface area contributed by atoms with Gasteiger partial charge < -0.3 is 24.3 Å². The maximum Gasteiger partial charge on any atom is 0.253 e. The van der Waals surface area contributed by atoms with Crippen LogP contribution in [0.25, 0.3) is 0 Å². The largest absolute Gasteiger partial charge is 0.493 e. The molecule has 0 spiro atoms. The van der Waals surface area contributed by atoms with Crippen LogP contribution in [0.15, 0.2) is 60.7 Å². The maximum absolute atomic E-state index is 13.4. The summed E-state index contributed by atoms with van der Waals surface area (Å²) in [5.74, 6) is 1.38. The number of sulfonamides is 1. The van der Waals surface area contributed by atoms with Gasteiger partial charge in [0.15, 0.2) is 23.0 Å². The standard InChI is InChI=1S/C27H32N2O7S/c1-33-23-12-11-19(15-24(23)34-2)13-14-28-27(30)21-16-25(35-3)26(36-4)17-22(21)29(37(5,31)32)18-20-9-7-6-8-10-20/h6-12,15-17H,13-14,18H2,1-5H3,(H,28,30). The second kappa shape index (κ2) is 12.4. The summed E-state index contributed by atoms with van der Waals surface area (Å²) < 4.78 is 48.3. The fourth-order valence-corrected chi connectivity index (χ4v) is 4.73. The number of nitrogens with one attached hydrogen (secondary N) is 1. The molecule has 0 saturated carbocycles. The Morgan fingerprint density at radius 1 is 0.784 bits per heavy atom. The molecule has 0 saturated heterocycles. The number of anilines is 1. The third-order valence-corrected chi connectivity index (χ3v) is 6.86. The van der Waals surface area contributed by atoms with Gasteiger partial charge in [0.1, 0.15) is 0 Å². The van der Waals surface area contributed by atoms with Crippen LogP contribution in [0.3, 0.4) is 0 Å². The van der Waals surface area contributed by atoms with E-state index in [9.17, 15) is 13.2 Å². The zero-order valence-corrected chi connectivity index (χ0v) is 22.4. The number of ether oxygens (including phenoxy) is 4. The summed E-state index contributed by atoms with van der Waals surface area (Å²) in [7, 11) is 2.27. The van der Waals surface area contributed by atoms with Crippen molar-refractivity contribution in [2.24, 2.45) is 0 Å². The predicted octanol–water partition coefficient (Wildman–Crippen LogP) is 3.66. The van der Waals surface area contributed by atoms with Crippen LogP contribution in [0, 0.1) is 0 Å². The summed E-state index contributed by atoms with van der Waals surface area (Å²) in [5, 5.41) is 2.88. The summed E-state index contributed by atoms with van der Waals surface area (Å²) in [5.41, 5.74) is 2.04. The van der Waals surface area contributed by atoms with Crippen molar-refractivity contribution in [3.05, 3.63) is 77.4 Å². The number of rotatable bonds is 12. The van der Waals surface area contributed by atoms with Gasteiger partial charge in [0.2, 0.25) is 10.0 Å². The fraction of sp³-hybridized carbons (Fsp3) is 0.296. The number of nitrogens with zero attached hydrogens (tertiary/aromatic N) is 1. The highest BCUT2D eigenvalue weighted by atomic mass is 32.2. The average Bonchev–Trinajstić information content (AvgIpc) is 2.90. The monoisotopic (exact) mass is 528 g/mol. The number of carbonyl (C=O) groups excluding carboxylic acids is 1. The van der Waals surface area contributed by atoms with Crippen LogP contribution in [0.1, 0.15) is 21.5 Å². The number of hydrogen-bond acceptors (Lipinski definition) is 7. The molecule has 9 nitrogen and oxygen atoms in total. The number of amides is 1. The Morgan fingerprint density at radius 2 is 1.38 bits per heavy atom. The topological polar surface area (TPSA) is 103 Å².